The number of hydrogen-bond acceptors (Lipinski definition) is 5. The van der Waals surface area contributed by atoms with Crippen molar-refractivity contribution in [3.8, 4) is 5.75 Å². The van der Waals surface area contributed by atoms with E-state index in [2.05, 4.69) is 25.6 Å². The van der Waals surface area contributed by atoms with Crippen LogP contribution in [-0.4, -0.2) is 31.7 Å². The molecule has 0 spiro atoms. The van der Waals surface area contributed by atoms with E-state index in [1.54, 1.807) is 12.1 Å². The number of nitrogens with one attached hydrogen (secondary N) is 1. The van der Waals surface area contributed by atoms with E-state index in [1.165, 1.54) is 30.5 Å². The Bertz CT molecular complexity index is 704. The van der Waals surface area contributed by atoms with Crippen LogP contribution in [0.3, 0.4) is 0 Å². The van der Waals surface area contributed by atoms with Gasteiger partial charge in [-0.25, -0.2) is 13.4 Å². The number of sulfonamides is 1. The van der Waals surface area contributed by atoms with Gasteiger partial charge in [-0.1, -0.05) is 0 Å². The second kappa shape index (κ2) is 6.88. The zero-order valence-corrected chi connectivity index (χ0v) is 13.3. The molecule has 0 atom stereocenters. The second-order valence-corrected chi connectivity index (χ2v) is 6.52. The van der Waals surface area contributed by atoms with Crippen LogP contribution in [-0.2, 0) is 10.0 Å². The Morgan fingerprint density at radius 2 is 1.95 bits per heavy atom. The first kappa shape index (κ1) is 15.7. The van der Waals surface area contributed by atoms with Gasteiger partial charge in [-0.15, -0.1) is 0 Å². The number of ether oxygens (including phenoxy) is 1. The van der Waals surface area contributed by atoms with Crippen molar-refractivity contribution < 1.29 is 18.3 Å². The van der Waals surface area contributed by atoms with Crippen LogP contribution < -0.4 is 9.46 Å². The molecule has 0 saturated heterocycles. The normalized spacial score (nSPS) is 11.1. The van der Waals surface area contributed by atoms with Crippen LogP contribution in [0.15, 0.2) is 52.0 Å². The topological polar surface area (TPSA) is 88.5 Å². The van der Waals surface area contributed by atoms with Crippen molar-refractivity contribution in [3.63, 3.8) is 0 Å². The molecule has 1 aromatic carbocycles. The van der Waals surface area contributed by atoms with Gasteiger partial charge in [0.2, 0.25) is 0 Å². The number of anilines is 1. The highest BCUT2D eigenvalue weighted by atomic mass is 79.9. The van der Waals surface area contributed by atoms with Crippen molar-refractivity contribution in [2.75, 3.05) is 17.9 Å². The highest BCUT2D eigenvalue weighted by molar-refractivity contribution is 9.10. The average molecular weight is 373 g/mol. The average Bonchev–Trinajstić information content (AvgIpc) is 2.48. The molecule has 0 radical (unpaired) electrons. The first-order valence-electron chi connectivity index (χ1n) is 6.00. The number of aromatic nitrogens is 1. The third kappa shape index (κ3) is 4.16. The van der Waals surface area contributed by atoms with Gasteiger partial charge in [0.15, 0.2) is 5.82 Å². The largest absolute Gasteiger partial charge is 0.491 e. The molecular formula is C13H13BrN2O4S. The lowest BCUT2D eigenvalue weighted by atomic mass is 10.3. The highest BCUT2D eigenvalue weighted by Crippen LogP contribution is 2.23. The second-order valence-electron chi connectivity index (χ2n) is 3.98. The van der Waals surface area contributed by atoms with Crippen LogP contribution in [0.25, 0.3) is 0 Å². The molecule has 0 aliphatic carbocycles. The van der Waals surface area contributed by atoms with Crippen LogP contribution in [0.1, 0.15) is 0 Å². The summed E-state index contributed by atoms with van der Waals surface area (Å²) in [5, 5.41) is 8.66. The molecule has 6 nitrogen and oxygen atoms in total. The summed E-state index contributed by atoms with van der Waals surface area (Å²) in [6.45, 7) is 0.0561. The fraction of sp³-hybridized carbons (Fsp3) is 0.154. The Morgan fingerprint density at radius 3 is 2.57 bits per heavy atom. The molecule has 0 unspecified atom stereocenters. The number of pyridine rings is 1. The Labute approximate surface area is 131 Å². The minimum atomic E-state index is -3.72. The standard InChI is InChI=1S/C13H13BrN2O4S/c14-12-2-1-7-15-13(12)16-21(18,19)11-5-3-10(4-6-11)20-9-8-17/h1-7,17H,8-9H2,(H,15,16). The van der Waals surface area contributed by atoms with Crippen molar-refractivity contribution in [1.29, 1.82) is 0 Å². The van der Waals surface area contributed by atoms with E-state index in [0.717, 1.165) is 0 Å². The molecule has 0 amide bonds. The Balaban J connectivity index is 2.18. The van der Waals surface area contributed by atoms with E-state index in [9.17, 15) is 8.42 Å². The maximum atomic E-state index is 12.2. The van der Waals surface area contributed by atoms with Gasteiger partial charge in [0.1, 0.15) is 12.4 Å². The highest BCUT2D eigenvalue weighted by Gasteiger charge is 2.16. The fourth-order valence-corrected chi connectivity index (χ4v) is 3.04. The lowest BCUT2D eigenvalue weighted by molar-refractivity contribution is 0.201. The van der Waals surface area contributed by atoms with E-state index >= 15 is 0 Å². The summed E-state index contributed by atoms with van der Waals surface area (Å²) >= 11 is 3.23. The zero-order chi connectivity index (χ0) is 15.3. The Kier molecular flexibility index (Phi) is 5.16. The van der Waals surface area contributed by atoms with Gasteiger partial charge >= 0.3 is 0 Å². The number of aliphatic hydroxyl groups is 1. The molecule has 2 rings (SSSR count). The van der Waals surface area contributed by atoms with Gasteiger partial charge < -0.3 is 9.84 Å². The monoisotopic (exact) mass is 372 g/mol. The third-order valence-electron chi connectivity index (χ3n) is 2.48. The van der Waals surface area contributed by atoms with Crippen LogP contribution in [0.2, 0.25) is 0 Å². The summed E-state index contributed by atoms with van der Waals surface area (Å²) in [6, 6.07) is 9.28. The lowest BCUT2D eigenvalue weighted by Gasteiger charge is -2.09. The van der Waals surface area contributed by atoms with Gasteiger partial charge in [-0.2, -0.15) is 0 Å². The number of halogens is 1. The van der Waals surface area contributed by atoms with E-state index in [1.807, 2.05) is 0 Å². The van der Waals surface area contributed by atoms with E-state index in [4.69, 9.17) is 9.84 Å². The third-order valence-corrected chi connectivity index (χ3v) is 4.48. The molecule has 0 aliphatic rings. The molecule has 0 saturated carbocycles. The zero-order valence-electron chi connectivity index (χ0n) is 10.9. The smallest absolute Gasteiger partial charge is 0.263 e. The lowest BCUT2D eigenvalue weighted by Crippen LogP contribution is -2.14. The molecule has 2 aromatic rings. The Morgan fingerprint density at radius 1 is 1.24 bits per heavy atom. The predicted octanol–water partition coefficient (Wildman–Crippen LogP) is 2.02. The SMILES string of the molecule is O=S(=O)(Nc1ncccc1Br)c1ccc(OCCO)cc1. The number of rotatable bonds is 6. The van der Waals surface area contributed by atoms with Crippen LogP contribution >= 0.6 is 15.9 Å². The van der Waals surface area contributed by atoms with Gasteiger partial charge in [0.05, 0.1) is 16.0 Å². The quantitative estimate of drug-likeness (QED) is 0.809. The van der Waals surface area contributed by atoms with Crippen LogP contribution in [0.4, 0.5) is 5.82 Å². The number of nitrogens with zero attached hydrogens (tertiary/aromatic N) is 1. The van der Waals surface area contributed by atoms with Gasteiger partial charge in [0, 0.05) is 6.20 Å². The van der Waals surface area contributed by atoms with Crippen molar-refractivity contribution >= 4 is 31.8 Å². The summed E-state index contributed by atoms with van der Waals surface area (Å²) in [4.78, 5) is 4.05. The molecule has 0 bridgehead atoms. The van der Waals surface area contributed by atoms with E-state index < -0.39 is 10.0 Å². The summed E-state index contributed by atoms with van der Waals surface area (Å²) in [5.74, 6) is 0.708. The molecule has 112 valence electrons. The molecule has 1 aromatic heterocycles. The summed E-state index contributed by atoms with van der Waals surface area (Å²) < 4.78 is 32.6. The molecule has 0 fully saturated rings. The summed E-state index contributed by atoms with van der Waals surface area (Å²) in [5.41, 5.74) is 0. The predicted molar refractivity (Wildman–Crippen MR) is 81.8 cm³/mol. The number of hydrogen-bond donors (Lipinski definition) is 2. The van der Waals surface area contributed by atoms with Crippen molar-refractivity contribution in [3.05, 3.63) is 47.1 Å². The van der Waals surface area contributed by atoms with Gasteiger partial charge in [-0.05, 0) is 52.3 Å². The van der Waals surface area contributed by atoms with Gasteiger partial charge in [-0.3, -0.25) is 4.72 Å². The van der Waals surface area contributed by atoms with Crippen LogP contribution in [0.5, 0.6) is 5.75 Å². The van der Waals surface area contributed by atoms with E-state index in [0.29, 0.717) is 10.2 Å². The molecule has 0 aliphatic heterocycles. The first-order valence-corrected chi connectivity index (χ1v) is 8.27. The maximum Gasteiger partial charge on any atom is 0.263 e. The molecule has 2 N–H and O–H groups in total. The van der Waals surface area contributed by atoms with Crippen molar-refractivity contribution in [2.24, 2.45) is 0 Å². The summed E-state index contributed by atoms with van der Waals surface area (Å²) in [7, 11) is -3.72. The van der Waals surface area contributed by atoms with Gasteiger partial charge in [0.25, 0.3) is 10.0 Å². The summed E-state index contributed by atoms with van der Waals surface area (Å²) in [6.07, 6.45) is 1.49. The van der Waals surface area contributed by atoms with Crippen LogP contribution in [0, 0.1) is 0 Å². The maximum absolute atomic E-state index is 12.2. The molecule has 21 heavy (non-hydrogen) atoms. The number of benzene rings is 1. The minimum Gasteiger partial charge on any atom is -0.491 e. The number of aliphatic hydroxyl groups excluding tert-OH is 1. The minimum absolute atomic E-state index is 0.0939. The van der Waals surface area contributed by atoms with E-state index in [-0.39, 0.29) is 23.9 Å². The molecular weight excluding hydrogens is 360 g/mol. The molecule has 1 heterocycles. The van der Waals surface area contributed by atoms with Crippen molar-refractivity contribution in [2.45, 2.75) is 4.90 Å². The Hall–Kier alpha value is -1.64. The molecule has 8 heteroatoms. The fourth-order valence-electron chi connectivity index (χ4n) is 1.53. The van der Waals surface area contributed by atoms with Crippen molar-refractivity contribution in [1.82, 2.24) is 4.98 Å². The first-order chi connectivity index (χ1) is 10.0.